The van der Waals surface area contributed by atoms with E-state index in [0.29, 0.717) is 13.0 Å². The summed E-state index contributed by atoms with van der Waals surface area (Å²) in [5.74, 6) is -0.0832. The van der Waals surface area contributed by atoms with Crippen LogP contribution in [0.4, 0.5) is 5.69 Å². The minimum absolute atomic E-state index is 0.00234. The zero-order valence-corrected chi connectivity index (χ0v) is 14.0. The average Bonchev–Trinajstić information content (AvgIpc) is 3.21. The molecule has 2 bridgehead atoms. The van der Waals surface area contributed by atoms with Crippen molar-refractivity contribution in [3.63, 3.8) is 0 Å². The van der Waals surface area contributed by atoms with Crippen molar-refractivity contribution in [1.29, 1.82) is 0 Å². The smallest absolute Gasteiger partial charge is 0.249 e. The van der Waals surface area contributed by atoms with Crippen LogP contribution >= 0.6 is 0 Å². The first kappa shape index (κ1) is 15.6. The van der Waals surface area contributed by atoms with E-state index in [1.54, 1.807) is 4.90 Å². The van der Waals surface area contributed by atoms with Gasteiger partial charge in [0.15, 0.2) is 0 Å². The predicted molar refractivity (Wildman–Crippen MR) is 90.7 cm³/mol. The molecule has 4 rings (SSSR count). The van der Waals surface area contributed by atoms with Crippen LogP contribution in [-0.2, 0) is 14.3 Å². The number of rotatable bonds is 3. The second-order valence-corrected chi connectivity index (χ2v) is 7.24. The Kier molecular flexibility index (Phi) is 4.04. The van der Waals surface area contributed by atoms with Crippen molar-refractivity contribution < 1.29 is 14.3 Å². The molecule has 24 heavy (non-hydrogen) atoms. The standard InChI is InChI=1S/C19H24N2O3/c1-12-4-6-13(7-5-12)21-10-2-3-16(19(21)23)20-18(22)15-11-14-8-9-17(15)24-14/h4-7,14-17H,2-3,8-11H2,1H3,(H,20,22)/t14-,15-,16-,17-/m1/s1. The third kappa shape index (κ3) is 2.81. The molecule has 0 aliphatic carbocycles. The number of amides is 2. The summed E-state index contributed by atoms with van der Waals surface area (Å²) in [6.45, 7) is 2.74. The van der Waals surface area contributed by atoms with E-state index >= 15 is 0 Å². The van der Waals surface area contributed by atoms with Crippen LogP contribution in [0.1, 0.15) is 37.7 Å². The summed E-state index contributed by atoms with van der Waals surface area (Å²) in [5, 5.41) is 3.00. The van der Waals surface area contributed by atoms with Crippen molar-refractivity contribution in [2.45, 2.75) is 57.3 Å². The van der Waals surface area contributed by atoms with Crippen molar-refractivity contribution >= 4 is 17.5 Å². The Morgan fingerprint density at radius 1 is 1.21 bits per heavy atom. The van der Waals surface area contributed by atoms with Crippen molar-refractivity contribution in [2.75, 3.05) is 11.4 Å². The molecule has 5 heteroatoms. The first-order chi connectivity index (χ1) is 11.6. The number of carbonyl (C=O) groups excluding carboxylic acids is 2. The highest BCUT2D eigenvalue weighted by atomic mass is 16.5. The first-order valence-electron chi connectivity index (χ1n) is 8.96. The summed E-state index contributed by atoms with van der Waals surface area (Å²) in [5.41, 5.74) is 2.08. The van der Waals surface area contributed by atoms with Crippen LogP contribution in [0.3, 0.4) is 0 Å². The number of anilines is 1. The van der Waals surface area contributed by atoms with Crippen LogP contribution in [-0.4, -0.2) is 36.6 Å². The van der Waals surface area contributed by atoms with Gasteiger partial charge in [0, 0.05) is 12.2 Å². The molecule has 5 nitrogen and oxygen atoms in total. The molecule has 1 N–H and O–H groups in total. The minimum Gasteiger partial charge on any atom is -0.374 e. The number of ether oxygens (including phenoxy) is 1. The molecule has 0 saturated carbocycles. The summed E-state index contributed by atoms with van der Waals surface area (Å²) >= 11 is 0. The van der Waals surface area contributed by atoms with Gasteiger partial charge in [0.05, 0.1) is 18.1 Å². The molecular formula is C19H24N2O3. The van der Waals surface area contributed by atoms with E-state index in [-0.39, 0.29) is 29.9 Å². The van der Waals surface area contributed by atoms with Gasteiger partial charge in [-0.15, -0.1) is 0 Å². The van der Waals surface area contributed by atoms with Crippen LogP contribution in [0.5, 0.6) is 0 Å². The van der Waals surface area contributed by atoms with Gasteiger partial charge >= 0.3 is 0 Å². The number of piperidine rings is 1. The molecule has 3 aliphatic heterocycles. The Morgan fingerprint density at radius 3 is 2.67 bits per heavy atom. The van der Waals surface area contributed by atoms with Gasteiger partial charge in [-0.2, -0.15) is 0 Å². The summed E-state index contributed by atoms with van der Waals surface area (Å²) in [6, 6.07) is 7.56. The molecule has 0 radical (unpaired) electrons. The van der Waals surface area contributed by atoms with E-state index in [2.05, 4.69) is 5.32 Å². The van der Waals surface area contributed by atoms with Crippen LogP contribution in [0.15, 0.2) is 24.3 Å². The van der Waals surface area contributed by atoms with Gasteiger partial charge < -0.3 is 15.0 Å². The molecule has 2 amide bonds. The molecule has 3 heterocycles. The Hall–Kier alpha value is -1.88. The quantitative estimate of drug-likeness (QED) is 0.925. The molecule has 3 saturated heterocycles. The Bertz CT molecular complexity index is 643. The van der Waals surface area contributed by atoms with Crippen molar-refractivity contribution in [3.05, 3.63) is 29.8 Å². The lowest BCUT2D eigenvalue weighted by Gasteiger charge is -2.33. The zero-order chi connectivity index (χ0) is 16.7. The summed E-state index contributed by atoms with van der Waals surface area (Å²) < 4.78 is 5.77. The average molecular weight is 328 g/mol. The molecule has 0 unspecified atom stereocenters. The van der Waals surface area contributed by atoms with Gasteiger partial charge in [-0.05, 0) is 51.2 Å². The molecular weight excluding hydrogens is 304 g/mol. The zero-order valence-electron chi connectivity index (χ0n) is 14.0. The highest BCUT2D eigenvalue weighted by Crippen LogP contribution is 2.39. The fraction of sp³-hybridized carbons (Fsp3) is 0.579. The van der Waals surface area contributed by atoms with Gasteiger partial charge in [0.25, 0.3) is 0 Å². The van der Waals surface area contributed by atoms with Crippen molar-refractivity contribution in [1.82, 2.24) is 5.32 Å². The lowest BCUT2D eigenvalue weighted by molar-refractivity contribution is -0.131. The number of benzene rings is 1. The minimum atomic E-state index is -0.410. The van der Waals surface area contributed by atoms with Gasteiger partial charge in [-0.25, -0.2) is 0 Å². The van der Waals surface area contributed by atoms with Crippen molar-refractivity contribution in [3.8, 4) is 0 Å². The second kappa shape index (κ2) is 6.20. The van der Waals surface area contributed by atoms with Crippen LogP contribution in [0, 0.1) is 12.8 Å². The van der Waals surface area contributed by atoms with Crippen LogP contribution in [0.25, 0.3) is 0 Å². The highest BCUT2D eigenvalue weighted by molar-refractivity contribution is 6.00. The van der Waals surface area contributed by atoms with E-state index in [4.69, 9.17) is 4.74 Å². The fourth-order valence-corrected chi connectivity index (χ4v) is 4.18. The van der Waals surface area contributed by atoms with Gasteiger partial charge in [-0.3, -0.25) is 9.59 Å². The second-order valence-electron chi connectivity index (χ2n) is 7.24. The normalized spacial score (nSPS) is 32.2. The molecule has 0 spiro atoms. The molecule has 3 fully saturated rings. The third-order valence-electron chi connectivity index (χ3n) is 5.54. The van der Waals surface area contributed by atoms with Gasteiger partial charge in [0.1, 0.15) is 6.04 Å². The molecule has 1 aromatic rings. The number of hydrogen-bond acceptors (Lipinski definition) is 3. The van der Waals surface area contributed by atoms with Crippen molar-refractivity contribution in [2.24, 2.45) is 5.92 Å². The Morgan fingerprint density at radius 2 is 2.00 bits per heavy atom. The Balaban J connectivity index is 1.42. The molecule has 1 aromatic carbocycles. The summed E-state index contributed by atoms with van der Waals surface area (Å²) in [4.78, 5) is 27.2. The maximum absolute atomic E-state index is 12.8. The topological polar surface area (TPSA) is 58.6 Å². The lowest BCUT2D eigenvalue weighted by atomic mass is 9.88. The van der Waals surface area contributed by atoms with E-state index in [1.165, 1.54) is 5.56 Å². The number of nitrogens with zero attached hydrogens (tertiary/aromatic N) is 1. The van der Waals surface area contributed by atoms with Crippen LogP contribution < -0.4 is 10.2 Å². The summed E-state index contributed by atoms with van der Waals surface area (Å²) in [7, 11) is 0. The number of hydrogen-bond donors (Lipinski definition) is 1. The Labute approximate surface area is 142 Å². The van der Waals surface area contributed by atoms with E-state index in [9.17, 15) is 9.59 Å². The lowest BCUT2D eigenvalue weighted by Crippen LogP contribution is -2.54. The molecule has 0 aromatic heterocycles. The number of aryl methyl sites for hydroxylation is 1. The monoisotopic (exact) mass is 328 g/mol. The van der Waals surface area contributed by atoms with Gasteiger partial charge in [0.2, 0.25) is 11.8 Å². The predicted octanol–water partition coefficient (Wildman–Crippen LogP) is 2.17. The fourth-order valence-electron chi connectivity index (χ4n) is 4.18. The van der Waals surface area contributed by atoms with E-state index in [1.807, 2.05) is 31.2 Å². The number of nitrogens with one attached hydrogen (secondary N) is 1. The summed E-state index contributed by atoms with van der Waals surface area (Å²) in [6.07, 6.45) is 4.76. The maximum atomic E-state index is 12.8. The molecule has 3 aliphatic rings. The number of fused-ring (bicyclic) bond motifs is 2. The van der Waals surface area contributed by atoms with E-state index in [0.717, 1.165) is 31.4 Å². The molecule has 4 atom stereocenters. The van der Waals surface area contributed by atoms with Crippen LogP contribution in [0.2, 0.25) is 0 Å². The maximum Gasteiger partial charge on any atom is 0.249 e. The molecule has 128 valence electrons. The SMILES string of the molecule is Cc1ccc(N2CCC[C@@H](NC(=O)[C@@H]3C[C@H]4CC[C@H]3O4)C2=O)cc1. The van der Waals surface area contributed by atoms with Gasteiger partial charge in [-0.1, -0.05) is 17.7 Å². The van der Waals surface area contributed by atoms with E-state index < -0.39 is 6.04 Å². The third-order valence-corrected chi connectivity index (χ3v) is 5.54. The largest absolute Gasteiger partial charge is 0.374 e. The number of carbonyl (C=O) groups is 2. The highest BCUT2D eigenvalue weighted by Gasteiger charge is 2.45. The first-order valence-corrected chi connectivity index (χ1v) is 8.96.